The van der Waals surface area contributed by atoms with Gasteiger partial charge in [-0.05, 0) is 5.56 Å². The lowest BCUT2D eigenvalue weighted by Crippen LogP contribution is -2.09. The van der Waals surface area contributed by atoms with Gasteiger partial charge in [0.25, 0.3) is 10.1 Å². The Labute approximate surface area is 90.2 Å². The molecule has 0 amide bonds. The average molecular weight is 224 g/mol. The minimum atomic E-state index is -3.50. The summed E-state index contributed by atoms with van der Waals surface area (Å²) in [4.78, 5) is 0. The summed E-state index contributed by atoms with van der Waals surface area (Å²) in [7, 11) is -3.50. The highest BCUT2D eigenvalue weighted by Crippen LogP contribution is 2.07. The molecule has 0 aliphatic carbocycles. The van der Waals surface area contributed by atoms with Crippen molar-refractivity contribution in [3.8, 4) is 12.3 Å². The van der Waals surface area contributed by atoms with Gasteiger partial charge in [-0.15, -0.1) is 12.3 Å². The van der Waals surface area contributed by atoms with Crippen molar-refractivity contribution in [2.24, 2.45) is 0 Å². The first-order valence-electron chi connectivity index (χ1n) is 4.48. The van der Waals surface area contributed by atoms with Gasteiger partial charge >= 0.3 is 0 Å². The van der Waals surface area contributed by atoms with Gasteiger partial charge in [-0.1, -0.05) is 30.3 Å². The van der Waals surface area contributed by atoms with Gasteiger partial charge in [0, 0.05) is 6.42 Å². The highest BCUT2D eigenvalue weighted by atomic mass is 32.2. The second-order valence-corrected chi connectivity index (χ2v) is 4.60. The number of benzene rings is 1. The molecule has 1 rings (SSSR count). The Morgan fingerprint density at radius 3 is 2.53 bits per heavy atom. The SMILES string of the molecule is C#CCCOS(=O)(=O)Cc1ccccc1. The van der Waals surface area contributed by atoms with Crippen LogP contribution in [0.15, 0.2) is 30.3 Å². The van der Waals surface area contributed by atoms with Crippen molar-refractivity contribution in [2.45, 2.75) is 12.2 Å². The molecule has 1 aromatic rings. The van der Waals surface area contributed by atoms with E-state index in [1.807, 2.05) is 6.07 Å². The molecule has 0 aliphatic heterocycles. The van der Waals surface area contributed by atoms with Gasteiger partial charge in [0.15, 0.2) is 0 Å². The lowest BCUT2D eigenvalue weighted by Gasteiger charge is -2.03. The minimum absolute atomic E-state index is 0.0473. The van der Waals surface area contributed by atoms with Crippen LogP contribution in [0.2, 0.25) is 0 Å². The highest BCUT2D eigenvalue weighted by molar-refractivity contribution is 7.85. The van der Waals surface area contributed by atoms with E-state index in [1.54, 1.807) is 24.3 Å². The van der Waals surface area contributed by atoms with Gasteiger partial charge < -0.3 is 0 Å². The van der Waals surface area contributed by atoms with Crippen LogP contribution >= 0.6 is 0 Å². The zero-order valence-electron chi connectivity index (χ0n) is 8.22. The Morgan fingerprint density at radius 1 is 1.27 bits per heavy atom. The third kappa shape index (κ3) is 4.63. The fourth-order valence-electron chi connectivity index (χ4n) is 1.05. The Morgan fingerprint density at radius 2 is 1.93 bits per heavy atom. The smallest absolute Gasteiger partial charge is 0.269 e. The van der Waals surface area contributed by atoms with E-state index in [2.05, 4.69) is 5.92 Å². The Balaban J connectivity index is 2.54. The van der Waals surface area contributed by atoms with Gasteiger partial charge in [-0.3, -0.25) is 4.18 Å². The quantitative estimate of drug-likeness (QED) is 0.433. The molecule has 0 unspecified atom stereocenters. The Hall–Kier alpha value is -1.31. The fourth-order valence-corrected chi connectivity index (χ4v) is 2.07. The molecule has 0 N–H and O–H groups in total. The van der Waals surface area contributed by atoms with Crippen LogP contribution in [0.1, 0.15) is 12.0 Å². The summed E-state index contributed by atoms with van der Waals surface area (Å²) in [6.45, 7) is 0.0473. The standard InChI is InChI=1S/C11H12O3S/c1-2-3-9-14-15(12,13)10-11-7-5-4-6-8-11/h1,4-8H,3,9-10H2. The highest BCUT2D eigenvalue weighted by Gasteiger charge is 2.11. The van der Waals surface area contributed by atoms with Gasteiger partial charge in [0.1, 0.15) is 5.75 Å². The summed E-state index contributed by atoms with van der Waals surface area (Å²) in [6.07, 6.45) is 5.29. The first kappa shape index (κ1) is 11.8. The number of hydrogen-bond acceptors (Lipinski definition) is 3. The number of terminal acetylenes is 1. The molecular formula is C11H12O3S. The molecule has 0 heterocycles. The van der Waals surface area contributed by atoms with Gasteiger partial charge in [-0.25, -0.2) is 0 Å². The molecule has 4 heteroatoms. The summed E-state index contributed by atoms with van der Waals surface area (Å²) in [5.41, 5.74) is 0.707. The molecule has 0 atom stereocenters. The second-order valence-electron chi connectivity index (χ2n) is 2.96. The maximum absolute atomic E-state index is 11.4. The minimum Gasteiger partial charge on any atom is -0.269 e. The van der Waals surface area contributed by atoms with Crippen LogP contribution in [0.25, 0.3) is 0 Å². The van der Waals surface area contributed by atoms with E-state index in [-0.39, 0.29) is 12.4 Å². The molecule has 1 aromatic carbocycles. The van der Waals surface area contributed by atoms with Crippen LogP contribution in [0.3, 0.4) is 0 Å². The first-order chi connectivity index (χ1) is 7.14. The zero-order valence-corrected chi connectivity index (χ0v) is 9.03. The molecule has 3 nitrogen and oxygen atoms in total. The van der Waals surface area contributed by atoms with Crippen LogP contribution in [0.4, 0.5) is 0 Å². The summed E-state index contributed by atoms with van der Waals surface area (Å²) in [5, 5.41) is 0. The average Bonchev–Trinajstić information content (AvgIpc) is 2.18. The topological polar surface area (TPSA) is 43.4 Å². The third-order valence-electron chi connectivity index (χ3n) is 1.70. The van der Waals surface area contributed by atoms with Crippen molar-refractivity contribution in [1.29, 1.82) is 0 Å². The van der Waals surface area contributed by atoms with Crippen LogP contribution in [-0.4, -0.2) is 15.0 Å². The lowest BCUT2D eigenvalue weighted by atomic mass is 10.2. The second kappa shape index (κ2) is 5.54. The van der Waals surface area contributed by atoms with E-state index in [4.69, 9.17) is 10.6 Å². The van der Waals surface area contributed by atoms with Crippen molar-refractivity contribution < 1.29 is 12.6 Å². The van der Waals surface area contributed by atoms with Crippen molar-refractivity contribution >= 4 is 10.1 Å². The van der Waals surface area contributed by atoms with Crippen molar-refractivity contribution in [1.82, 2.24) is 0 Å². The molecule has 0 radical (unpaired) electrons. The lowest BCUT2D eigenvalue weighted by molar-refractivity contribution is 0.326. The maximum Gasteiger partial charge on any atom is 0.271 e. The molecule has 0 fully saturated rings. The maximum atomic E-state index is 11.4. The first-order valence-corrected chi connectivity index (χ1v) is 6.06. The van der Waals surface area contributed by atoms with Gasteiger partial charge in [0.05, 0.1) is 6.61 Å². The normalized spacial score (nSPS) is 10.9. The predicted octanol–water partition coefficient (Wildman–Crippen LogP) is 1.56. The van der Waals surface area contributed by atoms with Crippen LogP contribution in [-0.2, 0) is 20.1 Å². The van der Waals surface area contributed by atoms with E-state index >= 15 is 0 Å². The van der Waals surface area contributed by atoms with E-state index < -0.39 is 10.1 Å². The zero-order chi connectivity index (χ0) is 11.1. The Kier molecular flexibility index (Phi) is 4.35. The Bertz CT molecular complexity index is 429. The van der Waals surface area contributed by atoms with Gasteiger partial charge in [-0.2, -0.15) is 8.42 Å². The summed E-state index contributed by atoms with van der Waals surface area (Å²) < 4.78 is 27.5. The van der Waals surface area contributed by atoms with Crippen molar-refractivity contribution in [2.75, 3.05) is 6.61 Å². The molecule has 0 aromatic heterocycles. The molecule has 0 bridgehead atoms. The monoisotopic (exact) mass is 224 g/mol. The summed E-state index contributed by atoms with van der Waals surface area (Å²) in [6, 6.07) is 8.87. The van der Waals surface area contributed by atoms with E-state index in [0.29, 0.717) is 12.0 Å². The van der Waals surface area contributed by atoms with E-state index in [0.717, 1.165) is 0 Å². The summed E-state index contributed by atoms with van der Waals surface area (Å²) in [5.74, 6) is 2.20. The summed E-state index contributed by atoms with van der Waals surface area (Å²) >= 11 is 0. The molecule has 0 saturated heterocycles. The largest absolute Gasteiger partial charge is 0.271 e. The molecule has 15 heavy (non-hydrogen) atoms. The predicted molar refractivity (Wildman–Crippen MR) is 58.5 cm³/mol. The number of hydrogen-bond donors (Lipinski definition) is 0. The van der Waals surface area contributed by atoms with E-state index in [9.17, 15) is 8.42 Å². The van der Waals surface area contributed by atoms with Crippen LogP contribution in [0, 0.1) is 12.3 Å². The number of rotatable bonds is 5. The third-order valence-corrected chi connectivity index (χ3v) is 2.91. The van der Waals surface area contributed by atoms with Crippen molar-refractivity contribution in [3.63, 3.8) is 0 Å². The van der Waals surface area contributed by atoms with Crippen LogP contribution in [0.5, 0.6) is 0 Å². The van der Waals surface area contributed by atoms with Crippen LogP contribution < -0.4 is 0 Å². The molecule has 80 valence electrons. The molecule has 0 aliphatic rings. The molecule has 0 saturated carbocycles. The fraction of sp³-hybridized carbons (Fsp3) is 0.273. The van der Waals surface area contributed by atoms with Gasteiger partial charge in [0.2, 0.25) is 0 Å². The molecule has 0 spiro atoms. The molecular weight excluding hydrogens is 212 g/mol. The van der Waals surface area contributed by atoms with E-state index in [1.165, 1.54) is 0 Å². The van der Waals surface area contributed by atoms with Crippen molar-refractivity contribution in [3.05, 3.63) is 35.9 Å².